The molecule has 3 rings (SSSR count). The number of para-hydroxylation sites is 1. The Bertz CT molecular complexity index is 852. The van der Waals surface area contributed by atoms with Gasteiger partial charge in [0.2, 0.25) is 0 Å². The van der Waals surface area contributed by atoms with Gasteiger partial charge in [-0.3, -0.25) is 9.59 Å². The highest BCUT2D eigenvalue weighted by molar-refractivity contribution is 6.34. The first kappa shape index (κ1) is 17.9. The van der Waals surface area contributed by atoms with Gasteiger partial charge in [0.15, 0.2) is 0 Å². The van der Waals surface area contributed by atoms with E-state index in [1.54, 1.807) is 12.1 Å². The van der Waals surface area contributed by atoms with Crippen molar-refractivity contribution in [3.05, 3.63) is 52.8 Å². The lowest BCUT2D eigenvalue weighted by Crippen LogP contribution is -2.24. The largest absolute Gasteiger partial charge is 0.396 e. The van der Waals surface area contributed by atoms with Crippen LogP contribution >= 0.6 is 0 Å². The number of H-pyrrole nitrogens is 1. The van der Waals surface area contributed by atoms with E-state index in [2.05, 4.69) is 15.6 Å². The third-order valence-corrected chi connectivity index (χ3v) is 4.42. The Morgan fingerprint density at radius 1 is 1.23 bits per heavy atom. The van der Waals surface area contributed by atoms with Crippen LogP contribution in [0.5, 0.6) is 0 Å². The number of aromatic nitrogens is 1. The molecular weight excluding hydrogens is 330 g/mol. The van der Waals surface area contributed by atoms with Crippen LogP contribution in [0.15, 0.2) is 30.3 Å². The van der Waals surface area contributed by atoms with Crippen molar-refractivity contribution in [3.63, 3.8) is 0 Å². The van der Waals surface area contributed by atoms with Gasteiger partial charge in [0, 0.05) is 30.1 Å². The number of carbonyl (C=O) groups excluding carboxylic acids is 2. The van der Waals surface area contributed by atoms with Gasteiger partial charge in [-0.25, -0.2) is 0 Å². The van der Waals surface area contributed by atoms with E-state index in [9.17, 15) is 9.59 Å². The van der Waals surface area contributed by atoms with E-state index in [1.165, 1.54) is 0 Å². The number of aliphatic hydroxyl groups excluding tert-OH is 1. The molecule has 0 saturated heterocycles. The highest BCUT2D eigenvalue weighted by Crippen LogP contribution is 2.32. The van der Waals surface area contributed by atoms with E-state index < -0.39 is 0 Å². The summed E-state index contributed by atoms with van der Waals surface area (Å²) in [4.78, 5) is 27.6. The molecule has 0 radical (unpaired) electrons. The zero-order valence-corrected chi connectivity index (χ0v) is 14.8. The van der Waals surface area contributed by atoms with Crippen LogP contribution in [0.4, 0.5) is 5.69 Å². The number of hydrogen-bond donors (Lipinski definition) is 4. The maximum absolute atomic E-state index is 12.3. The molecule has 0 saturated carbocycles. The molecule has 1 aliphatic rings. The van der Waals surface area contributed by atoms with Gasteiger partial charge in [0.05, 0.1) is 5.57 Å². The first-order valence-corrected chi connectivity index (χ1v) is 8.81. The zero-order chi connectivity index (χ0) is 18.5. The highest BCUT2D eigenvalue weighted by Gasteiger charge is 2.24. The van der Waals surface area contributed by atoms with Crippen LogP contribution in [-0.2, 0) is 4.79 Å². The van der Waals surface area contributed by atoms with Gasteiger partial charge in [-0.15, -0.1) is 0 Å². The second-order valence-electron chi connectivity index (χ2n) is 6.38. The summed E-state index contributed by atoms with van der Waals surface area (Å²) in [5.41, 5.74) is 4.37. The molecule has 2 aromatic rings. The van der Waals surface area contributed by atoms with Gasteiger partial charge in [-0.05, 0) is 50.0 Å². The number of carbonyl (C=O) groups is 2. The van der Waals surface area contributed by atoms with E-state index in [0.717, 1.165) is 41.8 Å². The van der Waals surface area contributed by atoms with Crippen LogP contribution in [0.25, 0.3) is 11.6 Å². The maximum Gasteiger partial charge on any atom is 0.267 e. The van der Waals surface area contributed by atoms with Crippen LogP contribution in [0.2, 0.25) is 0 Å². The minimum absolute atomic E-state index is 0.143. The number of fused-ring (bicyclic) bond motifs is 1. The Kier molecular flexibility index (Phi) is 5.53. The van der Waals surface area contributed by atoms with Crippen molar-refractivity contribution < 1.29 is 14.7 Å². The van der Waals surface area contributed by atoms with Crippen molar-refractivity contribution in [2.24, 2.45) is 0 Å². The summed E-state index contributed by atoms with van der Waals surface area (Å²) in [6, 6.07) is 9.33. The molecule has 0 aliphatic carbocycles. The molecule has 0 atom stereocenters. The monoisotopic (exact) mass is 353 g/mol. The Balaban J connectivity index is 1.73. The molecule has 1 aromatic heterocycles. The topological polar surface area (TPSA) is 94.2 Å². The third kappa shape index (κ3) is 3.86. The first-order valence-electron chi connectivity index (χ1n) is 8.81. The molecular formula is C20H23N3O3. The van der Waals surface area contributed by atoms with Crippen molar-refractivity contribution in [2.45, 2.75) is 26.2 Å². The molecule has 1 aliphatic heterocycles. The zero-order valence-electron chi connectivity index (χ0n) is 14.8. The smallest absolute Gasteiger partial charge is 0.267 e. The van der Waals surface area contributed by atoms with E-state index >= 15 is 0 Å². The fourth-order valence-electron chi connectivity index (χ4n) is 2.98. The maximum atomic E-state index is 12.3. The normalized spacial score (nSPS) is 14.4. The summed E-state index contributed by atoms with van der Waals surface area (Å²) in [5, 5.41) is 14.5. The van der Waals surface area contributed by atoms with E-state index in [-0.39, 0.29) is 18.4 Å². The number of benzene rings is 1. The van der Waals surface area contributed by atoms with Gasteiger partial charge in [-0.2, -0.15) is 0 Å². The molecule has 2 heterocycles. The predicted octanol–water partition coefficient (Wildman–Crippen LogP) is 2.71. The predicted molar refractivity (Wildman–Crippen MR) is 102 cm³/mol. The highest BCUT2D eigenvalue weighted by atomic mass is 16.3. The molecule has 0 bridgehead atoms. The summed E-state index contributed by atoms with van der Waals surface area (Å²) in [6.45, 7) is 2.65. The number of anilines is 1. The van der Waals surface area contributed by atoms with Crippen LogP contribution in [0.1, 0.15) is 46.6 Å². The van der Waals surface area contributed by atoms with Gasteiger partial charge < -0.3 is 20.7 Å². The van der Waals surface area contributed by atoms with Gasteiger partial charge in [0.1, 0.15) is 5.69 Å². The number of nitrogens with one attached hydrogen (secondary N) is 3. The van der Waals surface area contributed by atoms with Crippen molar-refractivity contribution in [3.8, 4) is 0 Å². The Hall–Kier alpha value is -2.86. The van der Waals surface area contributed by atoms with Crippen molar-refractivity contribution in [1.29, 1.82) is 0 Å². The lowest BCUT2D eigenvalue weighted by molar-refractivity contribution is -0.110. The molecule has 6 nitrogen and oxygen atoms in total. The number of aromatic amines is 1. The fourth-order valence-corrected chi connectivity index (χ4v) is 2.98. The number of amides is 2. The van der Waals surface area contributed by atoms with Crippen LogP contribution in [0, 0.1) is 6.92 Å². The fraction of sp³-hybridized carbons (Fsp3) is 0.300. The standard InChI is InChI=1S/C20H23N3O3/c1-13-11-18(20(26)21-9-5-2-6-10-24)22-17(13)12-15-14-7-3-4-8-16(14)23-19(15)25/h3-4,7-8,11-12,22,24H,2,5-6,9-10H2,1H3,(H,21,26)(H,23,25). The molecule has 0 fully saturated rings. The third-order valence-electron chi connectivity index (χ3n) is 4.42. The Morgan fingerprint density at radius 3 is 2.85 bits per heavy atom. The number of aliphatic hydroxyl groups is 1. The lowest BCUT2D eigenvalue weighted by Gasteiger charge is -2.03. The average Bonchev–Trinajstić information content (AvgIpc) is 3.15. The van der Waals surface area contributed by atoms with E-state index in [1.807, 2.05) is 31.2 Å². The minimum atomic E-state index is -0.168. The Labute approximate surface area is 152 Å². The molecule has 26 heavy (non-hydrogen) atoms. The van der Waals surface area contributed by atoms with Crippen LogP contribution < -0.4 is 10.6 Å². The summed E-state index contributed by atoms with van der Waals surface area (Å²) in [7, 11) is 0. The SMILES string of the molecule is Cc1cc(C(=O)NCCCCCO)[nH]c1C=C1C(=O)Nc2ccccc21. The Morgan fingerprint density at radius 2 is 2.04 bits per heavy atom. The van der Waals surface area contributed by atoms with Crippen LogP contribution in [0.3, 0.4) is 0 Å². The minimum Gasteiger partial charge on any atom is -0.396 e. The molecule has 136 valence electrons. The molecule has 0 spiro atoms. The van der Waals surface area contributed by atoms with Crippen LogP contribution in [-0.4, -0.2) is 35.1 Å². The number of rotatable bonds is 7. The average molecular weight is 353 g/mol. The van der Waals surface area contributed by atoms with E-state index in [4.69, 9.17) is 5.11 Å². The molecule has 6 heteroatoms. The van der Waals surface area contributed by atoms with Crippen molar-refractivity contribution in [1.82, 2.24) is 10.3 Å². The summed E-state index contributed by atoms with van der Waals surface area (Å²) in [6.07, 6.45) is 4.25. The van der Waals surface area contributed by atoms with E-state index in [0.29, 0.717) is 17.8 Å². The summed E-state index contributed by atoms with van der Waals surface area (Å²) < 4.78 is 0. The van der Waals surface area contributed by atoms with Gasteiger partial charge >= 0.3 is 0 Å². The first-order chi connectivity index (χ1) is 12.6. The number of unbranched alkanes of at least 4 members (excludes halogenated alkanes) is 2. The summed E-state index contributed by atoms with van der Waals surface area (Å²) >= 11 is 0. The number of aryl methyl sites for hydroxylation is 1. The van der Waals surface area contributed by atoms with Crippen molar-refractivity contribution in [2.75, 3.05) is 18.5 Å². The lowest BCUT2D eigenvalue weighted by atomic mass is 10.1. The molecule has 0 unspecified atom stereocenters. The molecule has 2 amide bonds. The summed E-state index contributed by atoms with van der Waals surface area (Å²) in [5.74, 6) is -0.312. The number of hydrogen-bond acceptors (Lipinski definition) is 3. The second kappa shape index (κ2) is 8.01. The van der Waals surface area contributed by atoms with Gasteiger partial charge in [0.25, 0.3) is 11.8 Å². The molecule has 4 N–H and O–H groups in total. The van der Waals surface area contributed by atoms with Gasteiger partial charge in [-0.1, -0.05) is 18.2 Å². The molecule has 1 aromatic carbocycles. The van der Waals surface area contributed by atoms with Crippen molar-refractivity contribution >= 4 is 29.2 Å². The quantitative estimate of drug-likeness (QED) is 0.455. The second-order valence-corrected chi connectivity index (χ2v) is 6.38.